The van der Waals surface area contributed by atoms with Crippen LogP contribution in [0.5, 0.6) is 5.75 Å². The van der Waals surface area contributed by atoms with E-state index in [0.717, 1.165) is 12.6 Å². The van der Waals surface area contributed by atoms with Gasteiger partial charge in [-0.2, -0.15) is 4.98 Å². The molecule has 2 aromatic rings. The summed E-state index contributed by atoms with van der Waals surface area (Å²) < 4.78 is 19.4. The first-order valence-corrected chi connectivity index (χ1v) is 6.65. The Hall–Kier alpha value is -2.41. The maximum Gasteiger partial charge on any atom is 0.239 e. The van der Waals surface area contributed by atoms with Crippen LogP contribution in [-0.4, -0.2) is 16.1 Å². The number of rotatable bonds is 6. The minimum atomic E-state index is -0.567. The molecule has 0 amide bonds. The maximum absolute atomic E-state index is 13.7. The molecule has 1 heterocycles. The Labute approximate surface area is 122 Å². The second-order valence-corrected chi connectivity index (χ2v) is 4.52. The molecule has 1 unspecified atom stereocenters. The number of hydrogen-bond donors (Lipinski definition) is 3. The van der Waals surface area contributed by atoms with Gasteiger partial charge in [0.25, 0.3) is 0 Å². The van der Waals surface area contributed by atoms with Gasteiger partial charge in [-0.3, -0.25) is 5.43 Å². The Kier molecular flexibility index (Phi) is 4.89. The number of hydrazine groups is 1. The van der Waals surface area contributed by atoms with Crippen LogP contribution in [0.1, 0.15) is 20.3 Å². The summed E-state index contributed by atoms with van der Waals surface area (Å²) in [4.78, 5) is 7.60. The summed E-state index contributed by atoms with van der Waals surface area (Å²) in [6.45, 7) is 4.04. The molecule has 0 bridgehead atoms. The predicted molar refractivity (Wildman–Crippen MR) is 79.9 cm³/mol. The average Bonchev–Trinajstić information content (AvgIpc) is 2.49. The second-order valence-electron chi connectivity index (χ2n) is 4.52. The van der Waals surface area contributed by atoms with Crippen molar-refractivity contribution in [1.82, 2.24) is 9.97 Å². The molecule has 0 aliphatic heterocycles. The van der Waals surface area contributed by atoms with Crippen LogP contribution in [0.4, 0.5) is 21.8 Å². The van der Waals surface area contributed by atoms with E-state index in [1.165, 1.54) is 0 Å². The summed E-state index contributed by atoms with van der Waals surface area (Å²) in [6, 6.07) is 7.24. The van der Waals surface area contributed by atoms with Gasteiger partial charge in [-0.05, 0) is 25.5 Å². The summed E-state index contributed by atoms with van der Waals surface area (Å²) in [5, 5.41) is 2.88. The Morgan fingerprint density at radius 3 is 2.95 bits per heavy atom. The number of anilines is 3. The molecule has 0 saturated carbocycles. The smallest absolute Gasteiger partial charge is 0.239 e. The van der Waals surface area contributed by atoms with Crippen molar-refractivity contribution in [2.45, 2.75) is 26.4 Å². The number of nitrogens with one attached hydrogen (secondary N) is 2. The Balaban J connectivity index is 2.18. The number of hydrogen-bond acceptors (Lipinski definition) is 6. The molecule has 2 rings (SSSR count). The maximum atomic E-state index is 13.7. The monoisotopic (exact) mass is 291 g/mol. The molecule has 0 spiro atoms. The second kappa shape index (κ2) is 6.85. The van der Waals surface area contributed by atoms with E-state index in [1.807, 2.05) is 26.0 Å². The fraction of sp³-hybridized carbons (Fsp3) is 0.286. The van der Waals surface area contributed by atoms with Gasteiger partial charge in [0.15, 0.2) is 11.6 Å². The van der Waals surface area contributed by atoms with Gasteiger partial charge in [-0.25, -0.2) is 15.2 Å². The first-order valence-electron chi connectivity index (χ1n) is 6.65. The minimum absolute atomic E-state index is 0.0404. The molecule has 6 nitrogen and oxygen atoms in total. The molecule has 0 fully saturated rings. The molecule has 1 atom stereocenters. The van der Waals surface area contributed by atoms with Crippen molar-refractivity contribution in [1.29, 1.82) is 0 Å². The van der Waals surface area contributed by atoms with E-state index in [1.54, 1.807) is 12.1 Å². The third kappa shape index (κ3) is 4.03. The minimum Gasteiger partial charge on any atom is -0.491 e. The van der Waals surface area contributed by atoms with Crippen molar-refractivity contribution in [3.63, 3.8) is 0 Å². The highest BCUT2D eigenvalue weighted by atomic mass is 19.1. The highest BCUT2D eigenvalue weighted by Gasteiger charge is 2.08. The molecule has 112 valence electrons. The van der Waals surface area contributed by atoms with E-state index in [9.17, 15) is 4.39 Å². The summed E-state index contributed by atoms with van der Waals surface area (Å²) in [5.74, 6) is 5.52. The zero-order valence-electron chi connectivity index (χ0n) is 11.9. The van der Waals surface area contributed by atoms with Crippen LogP contribution in [0.3, 0.4) is 0 Å². The molecule has 21 heavy (non-hydrogen) atoms. The van der Waals surface area contributed by atoms with Crippen LogP contribution in [0.2, 0.25) is 0 Å². The lowest BCUT2D eigenvalue weighted by molar-refractivity contribution is 0.217. The van der Waals surface area contributed by atoms with Gasteiger partial charge >= 0.3 is 0 Å². The summed E-state index contributed by atoms with van der Waals surface area (Å²) >= 11 is 0. The highest BCUT2D eigenvalue weighted by molar-refractivity contribution is 5.59. The molecule has 0 aliphatic rings. The zero-order valence-corrected chi connectivity index (χ0v) is 11.9. The molecule has 1 aromatic carbocycles. The number of nitrogens with zero attached hydrogens (tertiary/aromatic N) is 2. The van der Waals surface area contributed by atoms with Crippen LogP contribution >= 0.6 is 0 Å². The van der Waals surface area contributed by atoms with Crippen LogP contribution < -0.4 is 21.3 Å². The van der Waals surface area contributed by atoms with Crippen molar-refractivity contribution < 1.29 is 9.13 Å². The average molecular weight is 291 g/mol. The Morgan fingerprint density at radius 2 is 2.24 bits per heavy atom. The van der Waals surface area contributed by atoms with E-state index in [2.05, 4.69) is 20.7 Å². The number of aromatic nitrogens is 2. The largest absolute Gasteiger partial charge is 0.491 e. The Bertz CT molecular complexity index is 608. The lowest BCUT2D eigenvalue weighted by Gasteiger charge is -2.14. The van der Waals surface area contributed by atoms with Crippen molar-refractivity contribution in [2.75, 3.05) is 10.7 Å². The van der Waals surface area contributed by atoms with Gasteiger partial charge in [0.1, 0.15) is 5.75 Å². The number of ether oxygens (including phenoxy) is 1. The fourth-order valence-corrected chi connectivity index (χ4v) is 1.62. The topological polar surface area (TPSA) is 85.1 Å². The van der Waals surface area contributed by atoms with Gasteiger partial charge < -0.3 is 10.1 Å². The molecular formula is C14H18FN5O. The number of nitrogen functional groups attached to an aromatic ring is 1. The molecule has 1 aromatic heterocycles. The van der Waals surface area contributed by atoms with E-state index >= 15 is 0 Å². The van der Waals surface area contributed by atoms with E-state index in [4.69, 9.17) is 10.6 Å². The SMILES string of the molecule is CCC(C)Oc1cccc(Nc2nc(NN)ncc2F)c1. The van der Waals surface area contributed by atoms with Crippen LogP contribution in [-0.2, 0) is 0 Å². The van der Waals surface area contributed by atoms with E-state index in [0.29, 0.717) is 11.4 Å². The van der Waals surface area contributed by atoms with Crippen molar-refractivity contribution in [3.05, 3.63) is 36.3 Å². The van der Waals surface area contributed by atoms with Crippen molar-refractivity contribution in [2.24, 2.45) is 5.84 Å². The third-order valence-corrected chi connectivity index (χ3v) is 2.88. The van der Waals surface area contributed by atoms with Gasteiger partial charge in [0, 0.05) is 11.8 Å². The molecular weight excluding hydrogens is 273 g/mol. The molecule has 0 aliphatic carbocycles. The molecule has 0 radical (unpaired) electrons. The normalized spacial score (nSPS) is 11.8. The first kappa shape index (κ1) is 15.0. The van der Waals surface area contributed by atoms with Gasteiger partial charge in [-0.15, -0.1) is 0 Å². The quantitative estimate of drug-likeness (QED) is 0.560. The zero-order chi connectivity index (χ0) is 15.2. The van der Waals surface area contributed by atoms with Gasteiger partial charge in [0.05, 0.1) is 12.3 Å². The van der Waals surface area contributed by atoms with Crippen LogP contribution in [0.15, 0.2) is 30.5 Å². The van der Waals surface area contributed by atoms with Crippen LogP contribution in [0, 0.1) is 5.82 Å². The van der Waals surface area contributed by atoms with Crippen molar-refractivity contribution >= 4 is 17.5 Å². The lowest BCUT2D eigenvalue weighted by Crippen LogP contribution is -2.12. The summed E-state index contributed by atoms with van der Waals surface area (Å²) in [6.07, 6.45) is 2.07. The third-order valence-electron chi connectivity index (χ3n) is 2.88. The van der Waals surface area contributed by atoms with Gasteiger partial charge in [0.2, 0.25) is 5.95 Å². The number of nitrogens with two attached hydrogens (primary N) is 1. The standard InChI is InChI=1S/C14H18FN5O/c1-3-9(2)21-11-6-4-5-10(7-11)18-13-12(15)8-17-14(19-13)20-16/h4-9H,3,16H2,1-2H3,(H2,17,18,19,20). The van der Waals surface area contributed by atoms with E-state index < -0.39 is 5.82 Å². The summed E-state index contributed by atoms with van der Waals surface area (Å²) in [7, 11) is 0. The predicted octanol–water partition coefficient (Wildman–Crippen LogP) is 2.82. The highest BCUT2D eigenvalue weighted by Crippen LogP contribution is 2.23. The lowest BCUT2D eigenvalue weighted by atomic mass is 10.2. The first-order chi connectivity index (χ1) is 10.1. The molecule has 0 saturated heterocycles. The van der Waals surface area contributed by atoms with Crippen LogP contribution in [0.25, 0.3) is 0 Å². The van der Waals surface area contributed by atoms with Gasteiger partial charge in [-0.1, -0.05) is 13.0 Å². The number of benzene rings is 1. The van der Waals surface area contributed by atoms with E-state index in [-0.39, 0.29) is 17.9 Å². The molecule has 4 N–H and O–H groups in total. The summed E-state index contributed by atoms with van der Waals surface area (Å²) in [5.41, 5.74) is 2.94. The number of halogens is 1. The Morgan fingerprint density at radius 1 is 1.43 bits per heavy atom. The molecule has 7 heteroatoms. The fourth-order valence-electron chi connectivity index (χ4n) is 1.62. The van der Waals surface area contributed by atoms with Crippen molar-refractivity contribution in [3.8, 4) is 5.75 Å².